The third kappa shape index (κ3) is 4.97. The van der Waals surface area contributed by atoms with Gasteiger partial charge in [0.05, 0.1) is 11.3 Å². The zero-order chi connectivity index (χ0) is 20.3. The molecule has 1 saturated heterocycles. The van der Waals surface area contributed by atoms with Crippen LogP contribution in [0.3, 0.4) is 0 Å². The Morgan fingerprint density at radius 3 is 2.36 bits per heavy atom. The Morgan fingerprint density at radius 1 is 1.11 bits per heavy atom. The lowest BCUT2D eigenvalue weighted by Crippen LogP contribution is -2.42. The number of hydrogen-bond acceptors (Lipinski definition) is 3. The van der Waals surface area contributed by atoms with Gasteiger partial charge in [-0.05, 0) is 60.2 Å². The van der Waals surface area contributed by atoms with Gasteiger partial charge in [0.1, 0.15) is 5.82 Å². The molecule has 1 N–H and O–H groups in total. The van der Waals surface area contributed by atoms with E-state index < -0.39 is 10.0 Å². The minimum Gasteiger partial charge on any atom is -0.326 e. The number of amides is 1. The van der Waals surface area contributed by atoms with Gasteiger partial charge in [-0.2, -0.15) is 4.31 Å². The molecule has 3 rings (SSSR count). The van der Waals surface area contributed by atoms with Crippen LogP contribution in [-0.4, -0.2) is 31.7 Å². The first-order valence-electron chi connectivity index (χ1n) is 9.38. The number of rotatable bonds is 5. The van der Waals surface area contributed by atoms with Crippen molar-refractivity contribution in [2.75, 3.05) is 18.4 Å². The Labute approximate surface area is 165 Å². The quantitative estimate of drug-likeness (QED) is 0.827. The number of nitrogens with one attached hydrogen (secondary N) is 1. The molecule has 1 heterocycles. The van der Waals surface area contributed by atoms with Crippen molar-refractivity contribution in [3.8, 4) is 0 Å². The summed E-state index contributed by atoms with van der Waals surface area (Å²) in [5.41, 5.74) is 1.07. The summed E-state index contributed by atoms with van der Waals surface area (Å²) in [4.78, 5) is 12.4. The average Bonchev–Trinajstić information content (AvgIpc) is 2.61. The van der Waals surface area contributed by atoms with Crippen LogP contribution in [0.25, 0.3) is 0 Å². The van der Waals surface area contributed by atoms with E-state index in [-0.39, 0.29) is 23.0 Å². The molecule has 0 bridgehead atoms. The zero-order valence-corrected chi connectivity index (χ0v) is 16.9. The fourth-order valence-electron chi connectivity index (χ4n) is 3.70. The molecule has 1 aliphatic heterocycles. The van der Waals surface area contributed by atoms with Gasteiger partial charge < -0.3 is 5.32 Å². The monoisotopic (exact) mass is 404 g/mol. The molecule has 2 atom stereocenters. The molecule has 0 aromatic heterocycles. The molecule has 1 amide bonds. The minimum atomic E-state index is -3.55. The fraction of sp³-hybridized carbons (Fsp3) is 0.381. The number of benzene rings is 2. The lowest BCUT2D eigenvalue weighted by atomic mass is 9.94. The van der Waals surface area contributed by atoms with E-state index in [1.54, 1.807) is 28.6 Å². The van der Waals surface area contributed by atoms with Crippen molar-refractivity contribution in [2.24, 2.45) is 11.8 Å². The van der Waals surface area contributed by atoms with Crippen LogP contribution >= 0.6 is 0 Å². The molecule has 0 spiro atoms. The first-order chi connectivity index (χ1) is 13.2. The second-order valence-electron chi connectivity index (χ2n) is 7.65. The Hall–Kier alpha value is -2.25. The predicted molar refractivity (Wildman–Crippen MR) is 107 cm³/mol. The van der Waals surface area contributed by atoms with Gasteiger partial charge in [-0.25, -0.2) is 12.8 Å². The molecule has 28 heavy (non-hydrogen) atoms. The van der Waals surface area contributed by atoms with Gasteiger partial charge in [-0.1, -0.05) is 26.0 Å². The Kier molecular flexibility index (Phi) is 6.15. The standard InChI is InChI=1S/C21H25FN2O3S/c1-15-10-16(2)14-24(13-15)28(26,27)20-8-6-19(7-9-20)23-21(25)12-17-4-3-5-18(22)11-17/h3-9,11,15-16H,10,12-14H2,1-2H3,(H,23,25). The molecule has 2 unspecified atom stereocenters. The van der Waals surface area contributed by atoms with Crippen molar-refractivity contribution in [1.82, 2.24) is 4.31 Å². The predicted octanol–water partition coefficient (Wildman–Crippen LogP) is 3.67. The normalized spacial score (nSPS) is 20.7. The molecule has 0 radical (unpaired) electrons. The van der Waals surface area contributed by atoms with E-state index in [9.17, 15) is 17.6 Å². The summed E-state index contributed by atoms with van der Waals surface area (Å²) in [7, 11) is -3.55. The van der Waals surface area contributed by atoms with E-state index >= 15 is 0 Å². The van der Waals surface area contributed by atoms with Gasteiger partial charge in [0.25, 0.3) is 0 Å². The number of nitrogens with zero attached hydrogens (tertiary/aromatic N) is 1. The highest BCUT2D eigenvalue weighted by atomic mass is 32.2. The van der Waals surface area contributed by atoms with Gasteiger partial charge in [0, 0.05) is 18.8 Å². The molecule has 2 aromatic rings. The second-order valence-corrected chi connectivity index (χ2v) is 9.59. The SMILES string of the molecule is CC1CC(C)CN(S(=O)(=O)c2ccc(NC(=O)Cc3cccc(F)c3)cc2)C1. The third-order valence-corrected chi connectivity index (χ3v) is 6.71. The van der Waals surface area contributed by atoms with Gasteiger partial charge >= 0.3 is 0 Å². The van der Waals surface area contributed by atoms with E-state index in [0.717, 1.165) is 6.42 Å². The summed E-state index contributed by atoms with van der Waals surface area (Å²) < 4.78 is 40.5. The van der Waals surface area contributed by atoms with Crippen molar-refractivity contribution < 1.29 is 17.6 Å². The van der Waals surface area contributed by atoms with E-state index in [4.69, 9.17) is 0 Å². The fourth-order valence-corrected chi connectivity index (χ4v) is 5.38. The molecule has 1 aliphatic rings. The molecule has 150 valence electrons. The van der Waals surface area contributed by atoms with Crippen molar-refractivity contribution in [1.29, 1.82) is 0 Å². The lowest BCUT2D eigenvalue weighted by Gasteiger charge is -2.34. The second kappa shape index (κ2) is 8.41. The zero-order valence-electron chi connectivity index (χ0n) is 16.1. The van der Waals surface area contributed by atoms with E-state index in [1.807, 2.05) is 0 Å². The number of anilines is 1. The number of sulfonamides is 1. The Balaban J connectivity index is 1.66. The van der Waals surface area contributed by atoms with Crippen molar-refractivity contribution in [2.45, 2.75) is 31.6 Å². The van der Waals surface area contributed by atoms with Crippen molar-refractivity contribution in [3.05, 3.63) is 59.9 Å². The van der Waals surface area contributed by atoms with Gasteiger partial charge in [-0.15, -0.1) is 0 Å². The smallest absolute Gasteiger partial charge is 0.243 e. The maximum atomic E-state index is 13.2. The van der Waals surface area contributed by atoms with Crippen LogP contribution < -0.4 is 5.32 Å². The summed E-state index contributed by atoms with van der Waals surface area (Å²) in [6.07, 6.45) is 1.07. The molecular weight excluding hydrogens is 379 g/mol. The van der Waals surface area contributed by atoms with Crippen LogP contribution in [-0.2, 0) is 21.2 Å². The summed E-state index contributed by atoms with van der Waals surface area (Å²) in [5, 5.41) is 2.71. The maximum Gasteiger partial charge on any atom is 0.243 e. The molecule has 2 aromatic carbocycles. The highest BCUT2D eigenvalue weighted by Crippen LogP contribution is 2.27. The Morgan fingerprint density at radius 2 is 1.75 bits per heavy atom. The van der Waals surface area contributed by atoms with Gasteiger partial charge in [0.15, 0.2) is 0 Å². The van der Waals surface area contributed by atoms with E-state index in [1.165, 1.54) is 24.3 Å². The highest BCUT2D eigenvalue weighted by molar-refractivity contribution is 7.89. The molecule has 0 aliphatic carbocycles. The van der Waals surface area contributed by atoms with Crippen LogP contribution in [0.1, 0.15) is 25.8 Å². The van der Waals surface area contributed by atoms with Gasteiger partial charge in [0.2, 0.25) is 15.9 Å². The van der Waals surface area contributed by atoms with Crippen molar-refractivity contribution in [3.63, 3.8) is 0 Å². The summed E-state index contributed by atoms with van der Waals surface area (Å²) in [6, 6.07) is 12.0. The van der Waals surface area contributed by atoms with Crippen LogP contribution in [0.2, 0.25) is 0 Å². The topological polar surface area (TPSA) is 66.5 Å². The number of carbonyl (C=O) groups excluding carboxylic acids is 1. The average molecular weight is 405 g/mol. The number of piperidine rings is 1. The number of halogens is 1. The first-order valence-corrected chi connectivity index (χ1v) is 10.8. The number of hydrogen-bond donors (Lipinski definition) is 1. The van der Waals surface area contributed by atoms with Crippen LogP contribution in [0.5, 0.6) is 0 Å². The number of carbonyl (C=O) groups is 1. The molecule has 0 saturated carbocycles. The van der Waals surface area contributed by atoms with E-state index in [0.29, 0.717) is 36.2 Å². The van der Waals surface area contributed by atoms with Gasteiger partial charge in [-0.3, -0.25) is 4.79 Å². The summed E-state index contributed by atoms with van der Waals surface area (Å²) in [5.74, 6) is -0.0130. The molecule has 1 fully saturated rings. The molecule has 5 nitrogen and oxygen atoms in total. The first kappa shape index (κ1) is 20.5. The van der Waals surface area contributed by atoms with Crippen molar-refractivity contribution >= 4 is 21.6 Å². The highest BCUT2D eigenvalue weighted by Gasteiger charge is 2.31. The van der Waals surface area contributed by atoms with E-state index in [2.05, 4.69) is 19.2 Å². The third-order valence-electron chi connectivity index (χ3n) is 4.86. The van der Waals surface area contributed by atoms with Crippen LogP contribution in [0.15, 0.2) is 53.4 Å². The van der Waals surface area contributed by atoms with Crippen LogP contribution in [0, 0.1) is 17.7 Å². The maximum absolute atomic E-state index is 13.2. The lowest BCUT2D eigenvalue weighted by molar-refractivity contribution is -0.115. The minimum absolute atomic E-state index is 0.0430. The largest absolute Gasteiger partial charge is 0.326 e. The summed E-state index contributed by atoms with van der Waals surface area (Å²) >= 11 is 0. The Bertz CT molecular complexity index is 934. The molecular formula is C21H25FN2O3S. The van der Waals surface area contributed by atoms with Crippen LogP contribution in [0.4, 0.5) is 10.1 Å². The molecule has 7 heteroatoms. The summed E-state index contributed by atoms with van der Waals surface area (Å²) in [6.45, 7) is 5.18.